The Morgan fingerprint density at radius 1 is 1.24 bits per heavy atom. The summed E-state index contributed by atoms with van der Waals surface area (Å²) in [6, 6.07) is 9.44. The molecule has 1 aliphatic heterocycles. The highest BCUT2D eigenvalue weighted by molar-refractivity contribution is 5.88. The van der Waals surface area contributed by atoms with Crippen LogP contribution in [0.5, 0.6) is 0 Å². The molecule has 25 heavy (non-hydrogen) atoms. The van der Waals surface area contributed by atoms with Crippen molar-refractivity contribution >= 4 is 24.2 Å². The van der Waals surface area contributed by atoms with Crippen LogP contribution in [0.4, 0.5) is 0 Å². The lowest BCUT2D eigenvalue weighted by molar-refractivity contribution is -0.140. The molecule has 6 heteroatoms. The van der Waals surface area contributed by atoms with Crippen LogP contribution in [0.1, 0.15) is 38.2 Å². The largest absolute Gasteiger partial charge is 0.356 e. The zero-order valence-electron chi connectivity index (χ0n) is 14.7. The van der Waals surface area contributed by atoms with Crippen LogP contribution >= 0.6 is 12.4 Å². The van der Waals surface area contributed by atoms with Gasteiger partial charge in [-0.1, -0.05) is 30.3 Å². The highest BCUT2D eigenvalue weighted by atomic mass is 35.5. The van der Waals surface area contributed by atoms with Crippen molar-refractivity contribution in [3.63, 3.8) is 0 Å². The molecular weight excluding hydrogens is 338 g/mol. The molecule has 0 bridgehead atoms. The number of piperidine rings is 1. The molecule has 1 saturated carbocycles. The second-order valence-corrected chi connectivity index (χ2v) is 7.35. The van der Waals surface area contributed by atoms with Crippen molar-refractivity contribution in [3.05, 3.63) is 35.9 Å². The van der Waals surface area contributed by atoms with E-state index in [0.717, 1.165) is 24.9 Å². The summed E-state index contributed by atoms with van der Waals surface area (Å²) >= 11 is 0. The monoisotopic (exact) mass is 365 g/mol. The average molecular weight is 366 g/mol. The van der Waals surface area contributed by atoms with Crippen LogP contribution in [0.3, 0.4) is 0 Å². The number of benzene rings is 1. The summed E-state index contributed by atoms with van der Waals surface area (Å²) in [5.74, 6) is 0.528. The minimum absolute atomic E-state index is 0. The van der Waals surface area contributed by atoms with E-state index in [1.807, 2.05) is 30.3 Å². The molecule has 1 saturated heterocycles. The first kappa shape index (κ1) is 19.7. The summed E-state index contributed by atoms with van der Waals surface area (Å²) in [7, 11) is 0. The molecule has 2 atom stereocenters. The van der Waals surface area contributed by atoms with E-state index in [0.29, 0.717) is 19.0 Å². The zero-order chi connectivity index (χ0) is 17.2. The lowest BCUT2D eigenvalue weighted by Crippen LogP contribution is -2.55. The number of halogens is 1. The average Bonchev–Trinajstić information content (AvgIpc) is 3.44. The maximum atomic E-state index is 12.9. The molecule has 0 aromatic heterocycles. The van der Waals surface area contributed by atoms with Crippen molar-refractivity contribution in [1.82, 2.24) is 10.2 Å². The van der Waals surface area contributed by atoms with Gasteiger partial charge in [0.05, 0.1) is 5.92 Å². The Hall–Kier alpha value is -1.59. The summed E-state index contributed by atoms with van der Waals surface area (Å²) in [5.41, 5.74) is 6.09. The quantitative estimate of drug-likeness (QED) is 0.838. The molecule has 5 nitrogen and oxygen atoms in total. The van der Waals surface area contributed by atoms with Crippen molar-refractivity contribution in [2.45, 2.75) is 38.1 Å². The highest BCUT2D eigenvalue weighted by Crippen LogP contribution is 2.28. The van der Waals surface area contributed by atoms with Crippen LogP contribution in [0.25, 0.3) is 0 Å². The van der Waals surface area contributed by atoms with E-state index in [-0.39, 0.29) is 30.1 Å². The van der Waals surface area contributed by atoms with Gasteiger partial charge in [0.1, 0.15) is 5.54 Å². The fraction of sp³-hybridized carbons (Fsp3) is 0.579. The molecule has 3 N–H and O–H groups in total. The Kier molecular flexibility index (Phi) is 6.47. The number of nitrogens with one attached hydrogen (secondary N) is 1. The summed E-state index contributed by atoms with van der Waals surface area (Å²) in [4.78, 5) is 27.0. The van der Waals surface area contributed by atoms with Crippen molar-refractivity contribution in [2.24, 2.45) is 17.6 Å². The summed E-state index contributed by atoms with van der Waals surface area (Å²) in [5, 5.41) is 3.04. The molecule has 3 rings (SSSR count). The molecule has 1 heterocycles. The number of hydrogen-bond acceptors (Lipinski definition) is 3. The van der Waals surface area contributed by atoms with Crippen LogP contribution in [0.15, 0.2) is 30.3 Å². The molecule has 2 amide bonds. The fourth-order valence-electron chi connectivity index (χ4n) is 3.32. The van der Waals surface area contributed by atoms with Crippen molar-refractivity contribution in [3.8, 4) is 0 Å². The van der Waals surface area contributed by atoms with Crippen LogP contribution in [0.2, 0.25) is 0 Å². The Labute approximate surface area is 155 Å². The number of carbonyl (C=O) groups is 2. The molecule has 1 aromatic carbocycles. The van der Waals surface area contributed by atoms with E-state index >= 15 is 0 Å². The van der Waals surface area contributed by atoms with E-state index in [1.54, 1.807) is 11.8 Å². The Bertz CT molecular complexity index is 602. The van der Waals surface area contributed by atoms with E-state index in [4.69, 9.17) is 5.73 Å². The first-order valence-corrected chi connectivity index (χ1v) is 8.90. The summed E-state index contributed by atoms with van der Waals surface area (Å²) < 4.78 is 0. The van der Waals surface area contributed by atoms with E-state index < -0.39 is 5.54 Å². The van der Waals surface area contributed by atoms with Crippen LogP contribution in [-0.2, 0) is 15.1 Å². The zero-order valence-corrected chi connectivity index (χ0v) is 15.6. The molecular formula is C19H28ClN3O2. The maximum absolute atomic E-state index is 12.9. The maximum Gasteiger partial charge on any atom is 0.246 e. The van der Waals surface area contributed by atoms with Crippen LogP contribution in [0, 0.1) is 11.8 Å². The Balaban J connectivity index is 0.00000225. The molecule has 1 aromatic rings. The first-order valence-electron chi connectivity index (χ1n) is 8.90. The fourth-order valence-corrected chi connectivity index (χ4v) is 3.32. The van der Waals surface area contributed by atoms with Gasteiger partial charge in [-0.15, -0.1) is 12.4 Å². The molecule has 138 valence electrons. The van der Waals surface area contributed by atoms with Gasteiger partial charge >= 0.3 is 0 Å². The van der Waals surface area contributed by atoms with Crippen molar-refractivity contribution in [1.29, 1.82) is 0 Å². The van der Waals surface area contributed by atoms with E-state index in [1.165, 1.54) is 12.8 Å². The van der Waals surface area contributed by atoms with Gasteiger partial charge in [0.25, 0.3) is 0 Å². The Morgan fingerprint density at radius 2 is 1.92 bits per heavy atom. The third-order valence-corrected chi connectivity index (χ3v) is 5.16. The number of carbonyl (C=O) groups excluding carboxylic acids is 2. The van der Waals surface area contributed by atoms with Crippen LogP contribution in [-0.4, -0.2) is 36.3 Å². The second-order valence-electron chi connectivity index (χ2n) is 7.35. The van der Waals surface area contributed by atoms with E-state index in [2.05, 4.69) is 5.32 Å². The summed E-state index contributed by atoms with van der Waals surface area (Å²) in [6.07, 6.45) is 4.13. The minimum atomic E-state index is -1.06. The van der Waals surface area contributed by atoms with E-state index in [9.17, 15) is 9.59 Å². The third-order valence-electron chi connectivity index (χ3n) is 5.16. The van der Waals surface area contributed by atoms with Crippen molar-refractivity contribution < 1.29 is 9.59 Å². The molecule has 2 aliphatic rings. The number of nitrogens with two attached hydrogens (primary N) is 1. The van der Waals surface area contributed by atoms with Gasteiger partial charge in [-0.2, -0.15) is 0 Å². The summed E-state index contributed by atoms with van der Waals surface area (Å²) in [6.45, 7) is 3.67. The molecule has 0 spiro atoms. The highest BCUT2D eigenvalue weighted by Gasteiger charge is 2.37. The second kappa shape index (κ2) is 8.19. The normalized spacial score (nSPS) is 22.5. The van der Waals surface area contributed by atoms with Gasteiger partial charge in [-0.05, 0) is 44.1 Å². The Morgan fingerprint density at radius 3 is 2.56 bits per heavy atom. The first-order chi connectivity index (χ1) is 11.5. The van der Waals surface area contributed by atoms with Crippen molar-refractivity contribution in [2.75, 3.05) is 19.6 Å². The van der Waals surface area contributed by atoms with Gasteiger partial charge < -0.3 is 16.0 Å². The SMILES string of the molecule is CC(N)(C(=O)N1CCCC(C(=O)NCC2CC2)C1)c1ccccc1.Cl. The molecule has 2 unspecified atom stereocenters. The number of rotatable bonds is 5. The van der Waals surface area contributed by atoms with Gasteiger partial charge in [-0.25, -0.2) is 0 Å². The number of hydrogen-bond donors (Lipinski definition) is 2. The van der Waals surface area contributed by atoms with Gasteiger partial charge in [0, 0.05) is 19.6 Å². The molecule has 2 fully saturated rings. The number of likely N-dealkylation sites (tertiary alicyclic amines) is 1. The standard InChI is InChI=1S/C19H27N3O2.ClH/c1-19(20,16-7-3-2-4-8-16)18(24)22-11-5-6-15(13-22)17(23)21-12-14-9-10-14;/h2-4,7-8,14-15H,5-6,9-13,20H2,1H3,(H,21,23);1H. The van der Waals surface area contributed by atoms with Gasteiger partial charge in [0.15, 0.2) is 0 Å². The van der Waals surface area contributed by atoms with Crippen LogP contribution < -0.4 is 11.1 Å². The lowest BCUT2D eigenvalue weighted by atomic mass is 9.89. The number of nitrogens with zero attached hydrogens (tertiary/aromatic N) is 1. The van der Waals surface area contributed by atoms with Gasteiger partial charge in [-0.3, -0.25) is 9.59 Å². The smallest absolute Gasteiger partial charge is 0.246 e. The lowest BCUT2D eigenvalue weighted by Gasteiger charge is -2.37. The third kappa shape index (κ3) is 4.73. The predicted octanol–water partition coefficient (Wildman–Crippen LogP) is 2.05. The number of amides is 2. The molecule has 0 radical (unpaired) electrons. The predicted molar refractivity (Wildman–Crippen MR) is 100 cm³/mol. The minimum Gasteiger partial charge on any atom is -0.356 e. The molecule has 1 aliphatic carbocycles. The topological polar surface area (TPSA) is 75.4 Å². The van der Waals surface area contributed by atoms with Gasteiger partial charge in [0.2, 0.25) is 11.8 Å².